The Morgan fingerprint density at radius 1 is 0.968 bits per heavy atom. The Hall–Kier alpha value is -3.56. The third kappa shape index (κ3) is 4.05. The molecule has 0 saturated carbocycles. The van der Waals surface area contributed by atoms with E-state index < -0.39 is 15.9 Å². The van der Waals surface area contributed by atoms with Gasteiger partial charge in [0.25, 0.3) is 15.9 Å². The zero-order valence-corrected chi connectivity index (χ0v) is 17.8. The number of rotatable bonds is 5. The molecular formula is C21H17ClN4O4S. The summed E-state index contributed by atoms with van der Waals surface area (Å²) in [6, 6.07) is 17.5. The number of aromatic nitrogens is 2. The van der Waals surface area contributed by atoms with Crippen LogP contribution in [-0.4, -0.2) is 31.3 Å². The second kappa shape index (κ2) is 7.93. The van der Waals surface area contributed by atoms with Crippen molar-refractivity contribution in [2.75, 3.05) is 16.7 Å². The van der Waals surface area contributed by atoms with E-state index in [1.54, 1.807) is 48.5 Å². The van der Waals surface area contributed by atoms with Crippen LogP contribution in [-0.2, 0) is 10.0 Å². The summed E-state index contributed by atoms with van der Waals surface area (Å²) in [6.07, 6.45) is 0. The fourth-order valence-corrected chi connectivity index (χ4v) is 4.77. The van der Waals surface area contributed by atoms with Crippen LogP contribution in [0.15, 0.2) is 76.4 Å². The van der Waals surface area contributed by atoms with Gasteiger partial charge < -0.3 is 15.3 Å². The maximum absolute atomic E-state index is 13.1. The lowest BCUT2D eigenvalue weighted by Crippen LogP contribution is -2.27. The minimum Gasteiger partial charge on any atom is -0.322 e. The molecule has 158 valence electrons. The number of anilines is 2. The molecule has 10 heteroatoms. The molecule has 0 saturated heterocycles. The van der Waals surface area contributed by atoms with E-state index in [2.05, 4.69) is 15.3 Å². The number of para-hydroxylation sites is 1. The molecule has 1 heterocycles. The molecule has 3 aromatic carbocycles. The molecule has 3 N–H and O–H groups in total. The van der Waals surface area contributed by atoms with Crippen LogP contribution in [0, 0.1) is 0 Å². The molecule has 1 amide bonds. The highest BCUT2D eigenvalue weighted by atomic mass is 35.5. The average Bonchev–Trinajstić information content (AvgIpc) is 3.13. The van der Waals surface area contributed by atoms with Gasteiger partial charge in [0.15, 0.2) is 0 Å². The van der Waals surface area contributed by atoms with Crippen LogP contribution in [0.4, 0.5) is 11.4 Å². The molecule has 0 aliphatic heterocycles. The van der Waals surface area contributed by atoms with Gasteiger partial charge in [0, 0.05) is 18.3 Å². The molecule has 0 atom stereocenters. The predicted molar refractivity (Wildman–Crippen MR) is 120 cm³/mol. The van der Waals surface area contributed by atoms with Gasteiger partial charge in [-0.1, -0.05) is 29.8 Å². The lowest BCUT2D eigenvalue weighted by Gasteiger charge is -2.20. The summed E-state index contributed by atoms with van der Waals surface area (Å²) in [5.74, 6) is -0.521. The topological polar surface area (TPSA) is 115 Å². The SMILES string of the molecule is CN(c1ccccc1)S(=O)(=O)c1cc(C(=O)Nc2ccc3[nH]c(=O)[nH]c3c2)ccc1Cl. The van der Waals surface area contributed by atoms with Crippen LogP contribution in [0.2, 0.25) is 5.02 Å². The number of fused-ring (bicyclic) bond motifs is 1. The van der Waals surface area contributed by atoms with Crippen molar-refractivity contribution < 1.29 is 13.2 Å². The smallest absolute Gasteiger partial charge is 0.322 e. The van der Waals surface area contributed by atoms with Crippen LogP contribution in [0.3, 0.4) is 0 Å². The van der Waals surface area contributed by atoms with Gasteiger partial charge >= 0.3 is 5.69 Å². The van der Waals surface area contributed by atoms with Crippen LogP contribution in [0.25, 0.3) is 11.0 Å². The Bertz CT molecular complexity index is 1450. The van der Waals surface area contributed by atoms with E-state index in [4.69, 9.17) is 11.6 Å². The van der Waals surface area contributed by atoms with Gasteiger partial charge in [-0.25, -0.2) is 13.2 Å². The number of hydrogen-bond acceptors (Lipinski definition) is 4. The second-order valence-corrected chi connectivity index (χ2v) is 9.09. The number of carbonyl (C=O) groups is 1. The number of H-pyrrole nitrogens is 2. The molecule has 0 bridgehead atoms. The molecule has 31 heavy (non-hydrogen) atoms. The number of carbonyl (C=O) groups excluding carboxylic acids is 1. The molecule has 0 aliphatic rings. The van der Waals surface area contributed by atoms with E-state index in [-0.39, 0.29) is 21.2 Å². The maximum atomic E-state index is 13.1. The van der Waals surface area contributed by atoms with Crippen molar-refractivity contribution in [1.29, 1.82) is 0 Å². The van der Waals surface area contributed by atoms with E-state index >= 15 is 0 Å². The molecular weight excluding hydrogens is 440 g/mol. The molecule has 4 aromatic rings. The van der Waals surface area contributed by atoms with Gasteiger partial charge in [0.2, 0.25) is 0 Å². The zero-order valence-electron chi connectivity index (χ0n) is 16.2. The van der Waals surface area contributed by atoms with Crippen molar-refractivity contribution in [3.8, 4) is 0 Å². The van der Waals surface area contributed by atoms with Crippen LogP contribution in [0.1, 0.15) is 10.4 Å². The van der Waals surface area contributed by atoms with Gasteiger partial charge in [-0.2, -0.15) is 0 Å². The number of sulfonamides is 1. The number of imidazole rings is 1. The van der Waals surface area contributed by atoms with Crippen LogP contribution >= 0.6 is 11.6 Å². The lowest BCUT2D eigenvalue weighted by molar-refractivity contribution is 0.102. The van der Waals surface area contributed by atoms with Gasteiger partial charge in [-0.3, -0.25) is 9.10 Å². The Balaban J connectivity index is 1.64. The van der Waals surface area contributed by atoms with Gasteiger partial charge in [0.1, 0.15) is 4.90 Å². The lowest BCUT2D eigenvalue weighted by atomic mass is 10.2. The molecule has 8 nitrogen and oxygen atoms in total. The Morgan fingerprint density at radius 3 is 2.42 bits per heavy atom. The number of benzene rings is 3. The molecule has 0 unspecified atom stereocenters. The first-order valence-electron chi connectivity index (χ1n) is 9.12. The normalized spacial score (nSPS) is 11.4. The predicted octanol–water partition coefficient (Wildman–Crippen LogP) is 3.59. The van der Waals surface area contributed by atoms with Crippen molar-refractivity contribution in [3.05, 3.63) is 87.8 Å². The second-order valence-electron chi connectivity index (χ2n) is 6.75. The monoisotopic (exact) mass is 456 g/mol. The average molecular weight is 457 g/mol. The molecule has 4 rings (SSSR count). The fourth-order valence-electron chi connectivity index (χ4n) is 3.08. The summed E-state index contributed by atoms with van der Waals surface area (Å²) < 4.78 is 27.3. The van der Waals surface area contributed by atoms with E-state index in [0.717, 1.165) is 4.31 Å². The van der Waals surface area contributed by atoms with E-state index in [1.165, 1.54) is 25.2 Å². The highest BCUT2D eigenvalue weighted by Gasteiger charge is 2.25. The molecule has 0 radical (unpaired) electrons. The van der Waals surface area contributed by atoms with Crippen molar-refractivity contribution >= 4 is 49.9 Å². The molecule has 0 fully saturated rings. The number of halogens is 1. The number of nitrogens with one attached hydrogen (secondary N) is 3. The molecule has 0 spiro atoms. The molecule has 0 aliphatic carbocycles. The summed E-state index contributed by atoms with van der Waals surface area (Å²) in [5.41, 5.74) is 1.80. The molecule has 1 aromatic heterocycles. The third-order valence-corrected chi connectivity index (χ3v) is 6.99. The van der Waals surface area contributed by atoms with Gasteiger partial charge in [0.05, 0.1) is 21.7 Å². The van der Waals surface area contributed by atoms with Crippen LogP contribution < -0.4 is 15.3 Å². The third-order valence-electron chi connectivity index (χ3n) is 4.73. The largest absolute Gasteiger partial charge is 0.323 e. The summed E-state index contributed by atoms with van der Waals surface area (Å²) in [7, 11) is -2.58. The standard InChI is InChI=1S/C21H17ClN4O4S/c1-26(15-5-3-2-4-6-15)31(29,30)19-11-13(7-9-16(19)22)20(27)23-14-8-10-17-18(12-14)25-21(28)24-17/h2-12H,1H3,(H,23,27)(H2,24,25,28). The number of nitrogens with zero attached hydrogens (tertiary/aromatic N) is 1. The van der Waals surface area contributed by atoms with Crippen molar-refractivity contribution in [3.63, 3.8) is 0 Å². The number of aromatic amines is 2. The minimum atomic E-state index is -4.00. The quantitative estimate of drug-likeness (QED) is 0.425. The van der Waals surface area contributed by atoms with Crippen LogP contribution in [0.5, 0.6) is 0 Å². The summed E-state index contributed by atoms with van der Waals surface area (Å²) in [4.78, 5) is 29.2. The Morgan fingerprint density at radius 2 is 1.68 bits per heavy atom. The fraction of sp³-hybridized carbons (Fsp3) is 0.0476. The van der Waals surface area contributed by atoms with E-state index in [1.807, 2.05) is 0 Å². The van der Waals surface area contributed by atoms with E-state index in [0.29, 0.717) is 22.4 Å². The first-order valence-corrected chi connectivity index (χ1v) is 10.9. The van der Waals surface area contributed by atoms with Crippen molar-refractivity contribution in [2.45, 2.75) is 4.90 Å². The van der Waals surface area contributed by atoms with Crippen molar-refractivity contribution in [2.24, 2.45) is 0 Å². The Labute approximate surface area is 182 Å². The maximum Gasteiger partial charge on any atom is 0.323 e. The van der Waals surface area contributed by atoms with Crippen molar-refractivity contribution in [1.82, 2.24) is 9.97 Å². The highest BCUT2D eigenvalue weighted by molar-refractivity contribution is 7.93. The summed E-state index contributed by atoms with van der Waals surface area (Å²) >= 11 is 6.17. The summed E-state index contributed by atoms with van der Waals surface area (Å²) in [6.45, 7) is 0. The highest BCUT2D eigenvalue weighted by Crippen LogP contribution is 2.28. The Kier molecular flexibility index (Phi) is 5.30. The van der Waals surface area contributed by atoms with E-state index in [9.17, 15) is 18.0 Å². The number of hydrogen-bond donors (Lipinski definition) is 3. The van der Waals surface area contributed by atoms with Gasteiger partial charge in [-0.05, 0) is 48.5 Å². The first-order chi connectivity index (χ1) is 14.8. The minimum absolute atomic E-state index is 0.00523. The number of amides is 1. The summed E-state index contributed by atoms with van der Waals surface area (Å²) in [5, 5.41) is 2.70. The first kappa shape index (κ1) is 20.7. The van der Waals surface area contributed by atoms with Gasteiger partial charge in [-0.15, -0.1) is 0 Å². The zero-order chi connectivity index (χ0) is 22.2.